The maximum absolute atomic E-state index is 9.00. The fraction of sp³-hybridized carbons (Fsp3) is 0.400. The van der Waals surface area contributed by atoms with Gasteiger partial charge in [-0.1, -0.05) is 0 Å². The number of carbonyl (C=O) groups is 4. The van der Waals surface area contributed by atoms with E-state index in [-0.39, 0.29) is 0 Å². The van der Waals surface area contributed by atoms with Crippen molar-refractivity contribution in [2.24, 2.45) is 5.73 Å². The zero-order valence-electron chi connectivity index (χ0n) is 11.2. The Morgan fingerprint density at radius 1 is 0.737 bits per heavy atom. The molecular formula is C10H20NO8-. The molecule has 9 nitrogen and oxygen atoms in total. The van der Waals surface area contributed by atoms with Crippen LogP contribution in [0.3, 0.4) is 0 Å². The van der Waals surface area contributed by atoms with Gasteiger partial charge in [0, 0.05) is 27.7 Å². The van der Waals surface area contributed by atoms with Gasteiger partial charge in [0.1, 0.15) is 0 Å². The Bertz CT molecular complexity index is 198. The number of rotatable bonds is 0. The van der Waals surface area contributed by atoms with Crippen molar-refractivity contribution in [3.8, 4) is 0 Å². The average Bonchev–Trinajstić information content (AvgIpc) is 1.97. The zero-order valence-corrected chi connectivity index (χ0v) is 11.2. The summed E-state index contributed by atoms with van der Waals surface area (Å²) in [5.41, 5.74) is 4.49. The highest BCUT2D eigenvalue weighted by molar-refractivity contribution is 5.63. The Morgan fingerprint density at radius 3 is 0.737 bits per heavy atom. The molecule has 114 valence electrons. The highest BCUT2D eigenvalue weighted by Gasteiger charge is 1.66. The van der Waals surface area contributed by atoms with Gasteiger partial charge in [-0.2, -0.15) is 0 Å². The first-order valence-electron chi connectivity index (χ1n) is 4.35. The summed E-state index contributed by atoms with van der Waals surface area (Å²) < 4.78 is 0. The molecule has 0 aliphatic carbocycles. The van der Waals surface area contributed by atoms with Crippen LogP contribution >= 0.6 is 0 Å². The van der Waals surface area contributed by atoms with Crippen LogP contribution < -0.4 is 5.73 Å². The molecule has 0 atom stereocenters. The van der Waals surface area contributed by atoms with Crippen molar-refractivity contribution in [3.05, 3.63) is 12.8 Å². The van der Waals surface area contributed by atoms with Crippen LogP contribution in [0, 0.1) is 6.20 Å². The van der Waals surface area contributed by atoms with Crippen molar-refractivity contribution < 1.29 is 39.6 Å². The molecule has 0 rings (SSSR count). The van der Waals surface area contributed by atoms with E-state index in [1.807, 2.05) is 6.20 Å². The van der Waals surface area contributed by atoms with Crippen molar-refractivity contribution in [3.63, 3.8) is 0 Å². The molecule has 0 aromatic rings. The zero-order chi connectivity index (χ0) is 17.0. The third-order valence-corrected chi connectivity index (χ3v) is 0. The lowest BCUT2D eigenvalue weighted by atomic mass is 10.9. The standard InChI is InChI=1S/C2H4N.4C2H4O2/c1-2-3;4*1-2(3)4/h1,3H2;4*1H3,(H,3,4)/q-1;;;;. The fourth-order valence-electron chi connectivity index (χ4n) is 0. The van der Waals surface area contributed by atoms with E-state index in [1.54, 1.807) is 0 Å². The van der Waals surface area contributed by atoms with Gasteiger partial charge in [0.05, 0.1) is 0 Å². The molecule has 0 spiro atoms. The van der Waals surface area contributed by atoms with Gasteiger partial charge in [-0.15, -0.1) is 0 Å². The molecular weight excluding hydrogens is 262 g/mol. The van der Waals surface area contributed by atoms with Crippen molar-refractivity contribution >= 4 is 23.9 Å². The SMILES string of the molecule is C=[C-]N.CC(=O)O.CC(=O)O.CC(=O)O.CC(=O)O. The van der Waals surface area contributed by atoms with Crippen LogP contribution in [0.1, 0.15) is 27.7 Å². The Morgan fingerprint density at radius 2 is 0.737 bits per heavy atom. The van der Waals surface area contributed by atoms with Crippen molar-refractivity contribution in [1.82, 2.24) is 0 Å². The largest absolute Gasteiger partial charge is 0.580 e. The Balaban J connectivity index is -0.0000000432. The summed E-state index contributed by atoms with van der Waals surface area (Å²) in [5, 5.41) is 29.7. The second-order valence-electron chi connectivity index (χ2n) is 2.28. The third kappa shape index (κ3) is 417. The Kier molecular flexibility index (Phi) is 46.5. The first-order valence-corrected chi connectivity index (χ1v) is 4.35. The molecule has 6 N–H and O–H groups in total. The first-order chi connectivity index (χ1) is 8.34. The summed E-state index contributed by atoms with van der Waals surface area (Å²) in [5.74, 6) is -3.33. The van der Waals surface area contributed by atoms with Crippen LogP contribution in [0.5, 0.6) is 0 Å². The van der Waals surface area contributed by atoms with Gasteiger partial charge >= 0.3 is 0 Å². The number of hydrogen-bond donors (Lipinski definition) is 5. The molecule has 0 unspecified atom stereocenters. The summed E-state index contributed by atoms with van der Waals surface area (Å²) in [4.78, 5) is 36.0. The number of aliphatic carboxylic acids is 4. The molecule has 0 fully saturated rings. The second-order valence-corrected chi connectivity index (χ2v) is 2.28. The topological polar surface area (TPSA) is 175 Å². The van der Waals surface area contributed by atoms with Crippen molar-refractivity contribution in [2.45, 2.75) is 27.7 Å². The van der Waals surface area contributed by atoms with Crippen LogP contribution in [-0.4, -0.2) is 44.3 Å². The summed E-state index contributed by atoms with van der Waals surface area (Å²) >= 11 is 0. The van der Waals surface area contributed by atoms with Gasteiger partial charge < -0.3 is 32.4 Å². The predicted molar refractivity (Wildman–Crippen MR) is 66.3 cm³/mol. The van der Waals surface area contributed by atoms with Crippen LogP contribution in [0.15, 0.2) is 6.58 Å². The molecule has 0 saturated heterocycles. The number of nitrogens with two attached hydrogens (primary N) is 1. The highest BCUT2D eigenvalue weighted by Crippen LogP contribution is 1.43. The van der Waals surface area contributed by atoms with Crippen LogP contribution in [0.25, 0.3) is 0 Å². The van der Waals surface area contributed by atoms with Crippen LogP contribution in [0.2, 0.25) is 0 Å². The monoisotopic (exact) mass is 282 g/mol. The van der Waals surface area contributed by atoms with Crippen LogP contribution in [-0.2, 0) is 19.2 Å². The number of carboxylic acids is 4. The molecule has 0 aliphatic heterocycles. The summed E-state index contributed by atoms with van der Waals surface area (Å²) in [6.07, 6.45) is 2.00. The van der Waals surface area contributed by atoms with E-state index >= 15 is 0 Å². The van der Waals surface area contributed by atoms with E-state index in [1.165, 1.54) is 0 Å². The van der Waals surface area contributed by atoms with E-state index in [0.29, 0.717) is 0 Å². The molecule has 0 saturated carbocycles. The molecule has 19 heavy (non-hydrogen) atoms. The minimum absolute atomic E-state index is 0.833. The van der Waals surface area contributed by atoms with Gasteiger partial charge in [-0.25, -0.2) is 0 Å². The van der Waals surface area contributed by atoms with Crippen molar-refractivity contribution in [1.29, 1.82) is 0 Å². The van der Waals surface area contributed by atoms with E-state index in [4.69, 9.17) is 39.6 Å². The normalized spacial score (nSPS) is 5.89. The fourth-order valence-corrected chi connectivity index (χ4v) is 0. The summed E-state index contributed by atoms with van der Waals surface area (Å²) in [6, 6.07) is 0. The molecule has 0 radical (unpaired) electrons. The van der Waals surface area contributed by atoms with Gasteiger partial charge in [-0.3, -0.25) is 25.8 Å². The average molecular weight is 282 g/mol. The smallest absolute Gasteiger partial charge is 0.300 e. The molecule has 0 heterocycles. The Labute approximate surface area is 111 Å². The quantitative estimate of drug-likeness (QED) is 0.308. The van der Waals surface area contributed by atoms with Crippen molar-refractivity contribution in [2.75, 3.05) is 0 Å². The third-order valence-electron chi connectivity index (χ3n) is 0. The maximum atomic E-state index is 9.00. The van der Waals surface area contributed by atoms with E-state index in [2.05, 4.69) is 12.3 Å². The summed E-state index contributed by atoms with van der Waals surface area (Å²) in [7, 11) is 0. The molecule has 9 heteroatoms. The minimum atomic E-state index is -0.833. The molecule has 0 amide bonds. The molecule has 0 bridgehead atoms. The number of carboxylic acid groups (broad SMARTS) is 4. The molecule has 0 aromatic heterocycles. The summed E-state index contributed by atoms with van der Waals surface area (Å²) in [6.45, 7) is 7.35. The lowest BCUT2D eigenvalue weighted by Gasteiger charge is -1.68. The lowest BCUT2D eigenvalue weighted by molar-refractivity contribution is -0.135. The van der Waals surface area contributed by atoms with Gasteiger partial charge in [-0.05, 0) is 0 Å². The van der Waals surface area contributed by atoms with E-state index in [9.17, 15) is 0 Å². The van der Waals surface area contributed by atoms with E-state index < -0.39 is 23.9 Å². The second kappa shape index (κ2) is 29.5. The Hall–Kier alpha value is -2.58. The van der Waals surface area contributed by atoms with Gasteiger partial charge in [0.2, 0.25) is 0 Å². The first kappa shape index (κ1) is 29.9. The van der Waals surface area contributed by atoms with E-state index in [0.717, 1.165) is 27.7 Å². The number of hydrogen-bond acceptors (Lipinski definition) is 5. The maximum Gasteiger partial charge on any atom is 0.300 e. The van der Waals surface area contributed by atoms with Gasteiger partial charge in [0.25, 0.3) is 23.9 Å². The molecule has 0 aromatic carbocycles. The van der Waals surface area contributed by atoms with Gasteiger partial charge in [0.15, 0.2) is 0 Å². The predicted octanol–water partition coefficient (Wildman–Crippen LogP) is 0.255. The highest BCUT2D eigenvalue weighted by atomic mass is 16.4. The minimum Gasteiger partial charge on any atom is -0.580 e. The molecule has 0 aliphatic rings. The lowest BCUT2D eigenvalue weighted by Crippen LogP contribution is -1.78. The van der Waals surface area contributed by atoms with Crippen LogP contribution in [0.4, 0.5) is 0 Å².